The fourth-order valence-electron chi connectivity index (χ4n) is 3.54. The lowest BCUT2D eigenvalue weighted by Crippen LogP contribution is -2.59. The van der Waals surface area contributed by atoms with Gasteiger partial charge in [-0.3, -0.25) is 9.59 Å². The number of hydrogen-bond acceptors (Lipinski definition) is 7. The second kappa shape index (κ2) is 12.6. The maximum atomic E-state index is 13.1. The van der Waals surface area contributed by atoms with Crippen LogP contribution >= 0.6 is 0 Å². The van der Waals surface area contributed by atoms with E-state index in [-0.39, 0.29) is 55.6 Å². The van der Waals surface area contributed by atoms with Gasteiger partial charge < -0.3 is 25.1 Å². The van der Waals surface area contributed by atoms with Gasteiger partial charge in [0, 0.05) is 37.9 Å². The van der Waals surface area contributed by atoms with E-state index in [1.807, 2.05) is 34.6 Å². The van der Waals surface area contributed by atoms with Gasteiger partial charge in [0.15, 0.2) is 0 Å². The van der Waals surface area contributed by atoms with Crippen molar-refractivity contribution in [3.63, 3.8) is 0 Å². The molecule has 7 heteroatoms. The van der Waals surface area contributed by atoms with Crippen LogP contribution in [0.15, 0.2) is 0 Å². The molecular formula is C25H49NO6. The number of rotatable bonds is 15. The lowest BCUT2D eigenvalue weighted by molar-refractivity contribution is -0.170. The number of carbonyl (C=O) groups excluding carboxylic acids is 2. The maximum absolute atomic E-state index is 13.1. The van der Waals surface area contributed by atoms with E-state index in [2.05, 4.69) is 20.8 Å². The second-order valence-corrected chi connectivity index (χ2v) is 11.7. The van der Waals surface area contributed by atoms with Crippen molar-refractivity contribution in [3.8, 4) is 0 Å². The van der Waals surface area contributed by atoms with E-state index in [1.54, 1.807) is 14.0 Å². The van der Waals surface area contributed by atoms with Crippen molar-refractivity contribution in [2.75, 3.05) is 33.5 Å². The number of carbonyl (C=O) groups is 2. The van der Waals surface area contributed by atoms with E-state index in [9.17, 15) is 14.7 Å². The van der Waals surface area contributed by atoms with Gasteiger partial charge in [-0.05, 0) is 39.5 Å². The fourth-order valence-corrected chi connectivity index (χ4v) is 3.54. The predicted molar refractivity (Wildman–Crippen MR) is 127 cm³/mol. The molecule has 0 bridgehead atoms. The number of ketones is 2. The minimum atomic E-state index is -1.20. The van der Waals surface area contributed by atoms with E-state index < -0.39 is 22.7 Å². The topological polar surface area (TPSA) is 108 Å². The van der Waals surface area contributed by atoms with Gasteiger partial charge in [-0.1, -0.05) is 34.6 Å². The van der Waals surface area contributed by atoms with Crippen molar-refractivity contribution in [1.29, 1.82) is 0 Å². The van der Waals surface area contributed by atoms with Gasteiger partial charge in [-0.25, -0.2) is 0 Å². The molecule has 0 fully saturated rings. The van der Waals surface area contributed by atoms with Crippen LogP contribution < -0.4 is 5.73 Å². The molecule has 0 aliphatic carbocycles. The summed E-state index contributed by atoms with van der Waals surface area (Å²) >= 11 is 0. The van der Waals surface area contributed by atoms with E-state index in [0.717, 1.165) is 0 Å². The van der Waals surface area contributed by atoms with Crippen LogP contribution in [0.25, 0.3) is 0 Å². The molecule has 190 valence electrons. The summed E-state index contributed by atoms with van der Waals surface area (Å²) in [6, 6.07) is 0. The van der Waals surface area contributed by atoms with E-state index in [0.29, 0.717) is 13.0 Å². The normalized spacial score (nSPS) is 17.0. The van der Waals surface area contributed by atoms with Crippen molar-refractivity contribution < 1.29 is 28.9 Å². The zero-order chi connectivity index (χ0) is 25.4. The van der Waals surface area contributed by atoms with Crippen LogP contribution in [0.4, 0.5) is 0 Å². The molecule has 0 aliphatic rings. The third-order valence-electron chi connectivity index (χ3n) is 6.03. The molecule has 0 spiro atoms. The van der Waals surface area contributed by atoms with Crippen molar-refractivity contribution in [1.82, 2.24) is 0 Å². The van der Waals surface area contributed by atoms with Crippen molar-refractivity contribution >= 4 is 11.6 Å². The average molecular weight is 460 g/mol. The van der Waals surface area contributed by atoms with Gasteiger partial charge in [0.05, 0.1) is 31.3 Å². The summed E-state index contributed by atoms with van der Waals surface area (Å²) in [4.78, 5) is 25.7. The van der Waals surface area contributed by atoms with Crippen molar-refractivity contribution in [3.05, 3.63) is 0 Å². The highest BCUT2D eigenvalue weighted by molar-refractivity contribution is 5.82. The quantitative estimate of drug-likeness (QED) is 0.359. The Hall–Kier alpha value is -0.860. The third kappa shape index (κ3) is 10.8. The zero-order valence-corrected chi connectivity index (χ0v) is 22.2. The Balaban J connectivity index is 5.68. The fraction of sp³-hybridized carbons (Fsp3) is 0.920. The number of hydrogen-bond donors (Lipinski definition) is 2. The summed E-state index contributed by atoms with van der Waals surface area (Å²) in [5, 5.41) is 9.22. The van der Waals surface area contributed by atoms with Crippen LogP contribution in [0.3, 0.4) is 0 Å². The Kier molecular flexibility index (Phi) is 12.2. The summed E-state index contributed by atoms with van der Waals surface area (Å²) in [5.74, 6) is -0.931. The molecule has 3 atom stereocenters. The third-order valence-corrected chi connectivity index (χ3v) is 6.03. The van der Waals surface area contributed by atoms with Gasteiger partial charge in [-0.2, -0.15) is 0 Å². The van der Waals surface area contributed by atoms with Gasteiger partial charge in [0.1, 0.15) is 17.3 Å². The number of methoxy groups -OCH3 is 1. The van der Waals surface area contributed by atoms with Crippen molar-refractivity contribution in [2.45, 2.75) is 92.9 Å². The SMILES string of the molecule is COCCC(=O)C(COC(C)(C)C)C(C)(C)C(C)(N)OC[C@H](CC(C)(C)C)C(=O)CCO. The molecule has 0 aromatic rings. The molecule has 0 aliphatic heterocycles. The van der Waals surface area contributed by atoms with Gasteiger partial charge in [-0.15, -0.1) is 0 Å². The average Bonchev–Trinajstić information content (AvgIpc) is 2.61. The summed E-state index contributed by atoms with van der Waals surface area (Å²) in [6.45, 7) is 18.1. The molecule has 0 amide bonds. The molecule has 7 nitrogen and oxygen atoms in total. The Morgan fingerprint density at radius 1 is 0.875 bits per heavy atom. The molecule has 0 radical (unpaired) electrons. The number of aliphatic hydroxyl groups is 1. The summed E-state index contributed by atoms with van der Waals surface area (Å²) < 4.78 is 17.3. The first-order chi connectivity index (χ1) is 14.4. The monoisotopic (exact) mass is 459 g/mol. The minimum absolute atomic E-state index is 0.00368. The van der Waals surface area contributed by atoms with E-state index in [4.69, 9.17) is 19.9 Å². The van der Waals surface area contributed by atoms with Crippen LogP contribution in [0.1, 0.15) is 81.6 Å². The zero-order valence-electron chi connectivity index (χ0n) is 22.2. The van der Waals surface area contributed by atoms with E-state index in [1.165, 1.54) is 0 Å². The van der Waals surface area contributed by atoms with Crippen LogP contribution in [0.2, 0.25) is 0 Å². The molecular weight excluding hydrogens is 410 g/mol. The number of nitrogens with two attached hydrogens (primary N) is 1. The van der Waals surface area contributed by atoms with E-state index >= 15 is 0 Å². The second-order valence-electron chi connectivity index (χ2n) is 11.7. The highest BCUT2D eigenvalue weighted by Gasteiger charge is 2.48. The van der Waals surface area contributed by atoms with Crippen LogP contribution in [-0.2, 0) is 23.8 Å². The Bertz CT molecular complexity index is 586. The lowest BCUT2D eigenvalue weighted by Gasteiger charge is -2.46. The van der Waals surface area contributed by atoms with Crippen molar-refractivity contribution in [2.24, 2.45) is 28.4 Å². The van der Waals surface area contributed by atoms with Crippen LogP contribution in [0.5, 0.6) is 0 Å². The van der Waals surface area contributed by atoms with Crippen LogP contribution in [0, 0.1) is 22.7 Å². The molecule has 3 N–H and O–H groups in total. The maximum Gasteiger partial charge on any atom is 0.141 e. The highest BCUT2D eigenvalue weighted by atomic mass is 16.5. The Labute approximate surface area is 195 Å². The minimum Gasteiger partial charge on any atom is -0.396 e. The summed E-state index contributed by atoms with van der Waals surface area (Å²) in [5.41, 5.74) is 4.19. The predicted octanol–water partition coefficient (Wildman–Crippen LogP) is 3.74. The summed E-state index contributed by atoms with van der Waals surface area (Å²) in [6.07, 6.45) is 0.966. The molecule has 0 aromatic heterocycles. The highest BCUT2D eigenvalue weighted by Crippen LogP contribution is 2.40. The number of aliphatic hydroxyl groups excluding tert-OH is 1. The molecule has 32 heavy (non-hydrogen) atoms. The summed E-state index contributed by atoms with van der Waals surface area (Å²) in [7, 11) is 1.56. The van der Waals surface area contributed by atoms with Gasteiger partial charge >= 0.3 is 0 Å². The number of ether oxygens (including phenoxy) is 3. The molecule has 0 aromatic carbocycles. The molecule has 0 saturated heterocycles. The number of Topliss-reactive ketones (excluding diaryl/α,β-unsaturated/α-hetero) is 2. The first kappa shape index (κ1) is 31.1. The molecule has 0 saturated carbocycles. The standard InChI is InChI=1S/C25H49NO6/c1-22(2,3)15-18(20(28)11-13-27)16-32-25(9,26)24(7,8)19(17-31-23(4,5)6)21(29)12-14-30-10/h18-19,27H,11-17,26H2,1-10H3/t18-,19?,25?/m0/s1. The molecule has 0 rings (SSSR count). The Morgan fingerprint density at radius 2 is 1.44 bits per heavy atom. The smallest absolute Gasteiger partial charge is 0.141 e. The van der Waals surface area contributed by atoms with Gasteiger partial charge in [0.25, 0.3) is 0 Å². The Morgan fingerprint density at radius 3 is 1.88 bits per heavy atom. The molecule has 0 heterocycles. The molecule has 2 unspecified atom stereocenters. The lowest BCUT2D eigenvalue weighted by atomic mass is 9.69. The van der Waals surface area contributed by atoms with Crippen LogP contribution in [-0.4, -0.2) is 61.5 Å². The first-order valence-corrected chi connectivity index (χ1v) is 11.6. The van der Waals surface area contributed by atoms with Gasteiger partial charge in [0.2, 0.25) is 0 Å². The first-order valence-electron chi connectivity index (χ1n) is 11.6. The largest absolute Gasteiger partial charge is 0.396 e.